The summed E-state index contributed by atoms with van der Waals surface area (Å²) in [6.07, 6.45) is 1.96. The zero-order valence-electron chi connectivity index (χ0n) is 16.8. The second-order valence-corrected chi connectivity index (χ2v) is 9.21. The highest BCUT2D eigenvalue weighted by atomic mass is 35.5. The van der Waals surface area contributed by atoms with Crippen LogP contribution in [0.4, 0.5) is 15.8 Å². The SMILES string of the molecule is CC1(C)C(=O)NCCN1C(=O)c1ccc2c(n1)C1(CC1)CN2c1ccc(Cl)c(F)c1. The number of pyridine rings is 1. The molecule has 30 heavy (non-hydrogen) atoms. The number of carbonyl (C=O) groups excluding carboxylic acids is 2. The van der Waals surface area contributed by atoms with E-state index in [0.717, 1.165) is 29.9 Å². The van der Waals surface area contributed by atoms with Crippen molar-refractivity contribution < 1.29 is 14.0 Å². The maximum Gasteiger partial charge on any atom is 0.273 e. The summed E-state index contributed by atoms with van der Waals surface area (Å²) >= 11 is 5.84. The first-order chi connectivity index (χ1) is 14.2. The molecule has 2 amide bonds. The number of fused-ring (bicyclic) bond motifs is 2. The van der Waals surface area contributed by atoms with Crippen molar-refractivity contribution in [3.63, 3.8) is 0 Å². The van der Waals surface area contributed by atoms with E-state index in [-0.39, 0.29) is 22.3 Å². The Morgan fingerprint density at radius 1 is 1.23 bits per heavy atom. The molecule has 5 rings (SSSR count). The molecule has 0 unspecified atom stereocenters. The van der Waals surface area contributed by atoms with Crippen LogP contribution in [-0.2, 0) is 10.2 Å². The molecule has 1 spiro atoms. The number of hydrogen-bond acceptors (Lipinski definition) is 4. The molecule has 156 valence electrons. The zero-order valence-corrected chi connectivity index (χ0v) is 17.6. The Hall–Kier alpha value is -2.67. The number of hydrogen-bond donors (Lipinski definition) is 1. The lowest BCUT2D eigenvalue weighted by molar-refractivity contribution is -0.133. The lowest BCUT2D eigenvalue weighted by Crippen LogP contribution is -2.63. The van der Waals surface area contributed by atoms with E-state index in [1.54, 1.807) is 36.9 Å². The third kappa shape index (κ3) is 2.79. The van der Waals surface area contributed by atoms with Crippen molar-refractivity contribution >= 4 is 34.8 Å². The number of rotatable bonds is 2. The summed E-state index contributed by atoms with van der Waals surface area (Å²) in [6, 6.07) is 8.36. The van der Waals surface area contributed by atoms with Crippen LogP contribution in [0.3, 0.4) is 0 Å². The van der Waals surface area contributed by atoms with Crippen LogP contribution in [0.1, 0.15) is 42.9 Å². The highest BCUT2D eigenvalue weighted by Crippen LogP contribution is 2.57. The molecule has 2 aliphatic heterocycles. The van der Waals surface area contributed by atoms with Gasteiger partial charge in [0.2, 0.25) is 5.91 Å². The van der Waals surface area contributed by atoms with Crippen molar-refractivity contribution in [3.8, 4) is 0 Å². The van der Waals surface area contributed by atoms with Crippen molar-refractivity contribution in [3.05, 3.63) is 52.6 Å². The van der Waals surface area contributed by atoms with E-state index in [0.29, 0.717) is 25.3 Å². The number of amides is 2. The van der Waals surface area contributed by atoms with E-state index in [2.05, 4.69) is 5.32 Å². The minimum atomic E-state index is -0.930. The van der Waals surface area contributed by atoms with Crippen LogP contribution in [0.25, 0.3) is 0 Å². The Morgan fingerprint density at radius 2 is 2.00 bits per heavy atom. The molecule has 2 aromatic rings. The second-order valence-electron chi connectivity index (χ2n) is 8.80. The van der Waals surface area contributed by atoms with Crippen LogP contribution in [-0.4, -0.2) is 46.9 Å². The van der Waals surface area contributed by atoms with E-state index in [1.807, 2.05) is 11.0 Å². The van der Waals surface area contributed by atoms with Gasteiger partial charge >= 0.3 is 0 Å². The van der Waals surface area contributed by atoms with Crippen molar-refractivity contribution in [1.29, 1.82) is 0 Å². The summed E-state index contributed by atoms with van der Waals surface area (Å²) in [7, 11) is 0. The average Bonchev–Trinajstić information content (AvgIpc) is 3.43. The summed E-state index contributed by atoms with van der Waals surface area (Å²) < 4.78 is 14.0. The summed E-state index contributed by atoms with van der Waals surface area (Å²) in [5.74, 6) is -0.875. The zero-order chi connectivity index (χ0) is 21.3. The number of piperazine rings is 1. The molecule has 2 fully saturated rings. The van der Waals surface area contributed by atoms with Crippen molar-refractivity contribution in [2.24, 2.45) is 0 Å². The van der Waals surface area contributed by atoms with E-state index in [9.17, 15) is 14.0 Å². The lowest BCUT2D eigenvalue weighted by Gasteiger charge is -2.41. The Bertz CT molecular complexity index is 1080. The van der Waals surface area contributed by atoms with Crippen LogP contribution >= 0.6 is 11.6 Å². The number of anilines is 2. The third-order valence-corrected chi connectivity index (χ3v) is 6.82. The van der Waals surface area contributed by atoms with E-state index in [1.165, 1.54) is 6.07 Å². The highest BCUT2D eigenvalue weighted by molar-refractivity contribution is 6.30. The predicted octanol–water partition coefficient (Wildman–Crippen LogP) is 3.41. The summed E-state index contributed by atoms with van der Waals surface area (Å²) in [6.45, 7) is 5.06. The average molecular weight is 429 g/mol. The van der Waals surface area contributed by atoms with Gasteiger partial charge in [0.1, 0.15) is 17.1 Å². The molecule has 1 aliphatic carbocycles. The Kier molecular flexibility index (Phi) is 4.13. The summed E-state index contributed by atoms with van der Waals surface area (Å²) in [5, 5.41) is 2.90. The van der Waals surface area contributed by atoms with Gasteiger partial charge in [-0.25, -0.2) is 9.37 Å². The fourth-order valence-corrected chi connectivity index (χ4v) is 4.58. The van der Waals surface area contributed by atoms with Gasteiger partial charge in [0.15, 0.2) is 0 Å². The van der Waals surface area contributed by atoms with E-state index in [4.69, 9.17) is 16.6 Å². The number of aromatic nitrogens is 1. The first-order valence-electron chi connectivity index (χ1n) is 10.1. The fourth-order valence-electron chi connectivity index (χ4n) is 4.46. The highest BCUT2D eigenvalue weighted by Gasteiger charge is 2.54. The lowest BCUT2D eigenvalue weighted by atomic mass is 9.98. The van der Waals surface area contributed by atoms with Gasteiger partial charge < -0.3 is 15.1 Å². The van der Waals surface area contributed by atoms with E-state index >= 15 is 0 Å². The van der Waals surface area contributed by atoms with Gasteiger partial charge in [0.05, 0.1) is 16.4 Å². The number of halogens is 2. The van der Waals surface area contributed by atoms with Gasteiger partial charge in [-0.2, -0.15) is 0 Å². The summed E-state index contributed by atoms with van der Waals surface area (Å²) in [4.78, 5) is 33.9. The normalized spacial score (nSPS) is 20.9. The largest absolute Gasteiger partial charge is 0.352 e. The molecule has 3 heterocycles. The first-order valence-corrected chi connectivity index (χ1v) is 10.5. The molecule has 0 radical (unpaired) electrons. The van der Waals surface area contributed by atoms with E-state index < -0.39 is 11.4 Å². The van der Waals surface area contributed by atoms with Gasteiger partial charge in [-0.1, -0.05) is 11.6 Å². The molecule has 6 nitrogen and oxygen atoms in total. The predicted molar refractivity (Wildman–Crippen MR) is 112 cm³/mol. The molecule has 1 saturated carbocycles. The molecule has 8 heteroatoms. The molecule has 1 saturated heterocycles. The van der Waals surface area contributed by atoms with Crippen molar-refractivity contribution in [1.82, 2.24) is 15.2 Å². The first kappa shape index (κ1) is 19.3. The number of carbonyl (C=O) groups is 2. The molecule has 3 aliphatic rings. The van der Waals surface area contributed by atoms with Gasteiger partial charge in [-0.15, -0.1) is 0 Å². The monoisotopic (exact) mass is 428 g/mol. The van der Waals surface area contributed by atoms with Crippen LogP contribution in [0.5, 0.6) is 0 Å². The van der Waals surface area contributed by atoms with Crippen molar-refractivity contribution in [2.45, 2.75) is 37.6 Å². The quantitative estimate of drug-likeness (QED) is 0.796. The molecule has 1 aromatic carbocycles. The van der Waals surface area contributed by atoms with Crippen LogP contribution in [0, 0.1) is 5.82 Å². The van der Waals surface area contributed by atoms with Gasteiger partial charge in [-0.05, 0) is 57.0 Å². The second kappa shape index (κ2) is 6.41. The van der Waals surface area contributed by atoms with Crippen LogP contribution in [0.2, 0.25) is 5.02 Å². The number of nitrogens with one attached hydrogen (secondary N) is 1. The van der Waals surface area contributed by atoms with Crippen LogP contribution < -0.4 is 10.2 Å². The number of nitrogens with zero attached hydrogens (tertiary/aromatic N) is 3. The fraction of sp³-hybridized carbons (Fsp3) is 0.409. The molecule has 0 bridgehead atoms. The molecular formula is C22H22ClFN4O2. The Balaban J connectivity index is 1.51. The van der Waals surface area contributed by atoms with Gasteiger partial charge in [0.25, 0.3) is 5.91 Å². The third-order valence-electron chi connectivity index (χ3n) is 6.51. The van der Waals surface area contributed by atoms with Crippen LogP contribution in [0.15, 0.2) is 30.3 Å². The van der Waals surface area contributed by atoms with Gasteiger partial charge in [0, 0.05) is 30.7 Å². The Labute approximate surface area is 179 Å². The minimum absolute atomic E-state index is 0.0894. The number of benzene rings is 1. The maximum absolute atomic E-state index is 14.0. The molecule has 0 atom stereocenters. The Morgan fingerprint density at radius 3 is 2.70 bits per heavy atom. The molecular weight excluding hydrogens is 407 g/mol. The molecule has 1 aromatic heterocycles. The summed E-state index contributed by atoms with van der Waals surface area (Å²) in [5.41, 5.74) is 1.80. The maximum atomic E-state index is 14.0. The topological polar surface area (TPSA) is 65.5 Å². The molecule has 1 N–H and O–H groups in total. The van der Waals surface area contributed by atoms with Gasteiger partial charge in [-0.3, -0.25) is 9.59 Å². The smallest absolute Gasteiger partial charge is 0.273 e. The van der Waals surface area contributed by atoms with Crippen molar-refractivity contribution in [2.75, 3.05) is 24.5 Å². The minimum Gasteiger partial charge on any atom is -0.352 e. The standard InChI is InChI=1S/C22H22ClFN4O2/c1-21(2)20(30)25-9-10-28(21)19(29)16-5-6-17-18(26-16)22(7-8-22)12-27(17)13-3-4-14(23)15(24)11-13/h3-6,11H,7-10,12H2,1-2H3,(H,25,30).